The van der Waals surface area contributed by atoms with Gasteiger partial charge in [0.25, 0.3) is 15.9 Å². The van der Waals surface area contributed by atoms with Gasteiger partial charge in [-0.05, 0) is 63.6 Å². The number of ether oxygens (including phenoxy) is 2. The predicted molar refractivity (Wildman–Crippen MR) is 159 cm³/mol. The smallest absolute Gasteiger partial charge is 0.414 e. The highest BCUT2D eigenvalue weighted by Gasteiger charge is 2.46. The van der Waals surface area contributed by atoms with E-state index in [0.717, 1.165) is 0 Å². The standard InChI is InChI=1S/C27H33Cl2N3O7S2/c1-16(2)38-25(34)22(11-17-7-9-20(10-8-17)39-26(35)31(5)6)32(24(33)23-30-27(3,4)15-40-23)41(36,37)21-13-18(28)12-19(29)14-21/h7-10,12-14,16,22-23,30H,11,15H2,1-6H3/t22-,23-/m0/s1. The number of nitrogens with zero attached hydrogens (tertiary/aromatic N) is 2. The number of esters is 1. The van der Waals surface area contributed by atoms with Crippen molar-refractivity contribution in [2.45, 2.75) is 62.1 Å². The maximum Gasteiger partial charge on any atom is 0.414 e. The molecule has 224 valence electrons. The average molecular weight is 647 g/mol. The van der Waals surface area contributed by atoms with Crippen molar-refractivity contribution in [3.05, 3.63) is 58.1 Å². The van der Waals surface area contributed by atoms with E-state index in [2.05, 4.69) is 5.32 Å². The van der Waals surface area contributed by atoms with E-state index in [1.165, 1.54) is 47.0 Å². The van der Waals surface area contributed by atoms with Gasteiger partial charge in [0.1, 0.15) is 17.2 Å². The molecule has 1 fully saturated rings. The summed E-state index contributed by atoms with van der Waals surface area (Å²) in [7, 11) is -1.59. The second-order valence-electron chi connectivity index (χ2n) is 10.6. The summed E-state index contributed by atoms with van der Waals surface area (Å²) >= 11 is 13.5. The normalized spacial score (nSPS) is 17.1. The number of rotatable bonds is 9. The Hall–Kier alpha value is -2.51. The van der Waals surface area contributed by atoms with Crippen LogP contribution in [-0.2, 0) is 30.8 Å². The fraction of sp³-hybridized carbons (Fsp3) is 0.444. The van der Waals surface area contributed by atoms with E-state index in [9.17, 15) is 22.8 Å². The maximum absolute atomic E-state index is 14.1. The lowest BCUT2D eigenvalue weighted by Gasteiger charge is -2.32. The monoisotopic (exact) mass is 645 g/mol. The van der Waals surface area contributed by atoms with Crippen molar-refractivity contribution in [3.8, 4) is 5.75 Å². The zero-order valence-electron chi connectivity index (χ0n) is 23.5. The van der Waals surface area contributed by atoms with Crippen molar-refractivity contribution < 1.29 is 32.3 Å². The lowest BCUT2D eigenvalue weighted by atomic mass is 10.1. The van der Waals surface area contributed by atoms with Crippen LogP contribution in [0.4, 0.5) is 4.79 Å². The number of hydrogen-bond acceptors (Lipinski definition) is 9. The largest absolute Gasteiger partial charge is 0.461 e. The first-order valence-electron chi connectivity index (χ1n) is 12.6. The van der Waals surface area contributed by atoms with Crippen molar-refractivity contribution >= 4 is 63.0 Å². The van der Waals surface area contributed by atoms with E-state index in [0.29, 0.717) is 15.6 Å². The summed E-state index contributed by atoms with van der Waals surface area (Å²) in [5, 5.41) is 2.28. The molecule has 0 bridgehead atoms. The van der Waals surface area contributed by atoms with Crippen LogP contribution in [0.3, 0.4) is 0 Å². The Labute approximate surface area is 254 Å². The van der Waals surface area contributed by atoms with Gasteiger partial charge in [-0.3, -0.25) is 10.1 Å². The van der Waals surface area contributed by atoms with Crippen LogP contribution < -0.4 is 10.1 Å². The first kappa shape index (κ1) is 33.0. The van der Waals surface area contributed by atoms with Crippen LogP contribution in [0.15, 0.2) is 47.4 Å². The summed E-state index contributed by atoms with van der Waals surface area (Å²) < 4.78 is 39.5. The van der Waals surface area contributed by atoms with Crippen LogP contribution in [0.5, 0.6) is 5.75 Å². The summed E-state index contributed by atoms with van der Waals surface area (Å²) in [6, 6.07) is 8.29. The average Bonchev–Trinajstić information content (AvgIpc) is 3.23. The molecule has 10 nitrogen and oxygen atoms in total. The summed E-state index contributed by atoms with van der Waals surface area (Å²) in [6.07, 6.45) is -1.38. The topological polar surface area (TPSA) is 122 Å². The molecule has 2 atom stereocenters. The number of benzene rings is 2. The molecule has 1 saturated heterocycles. The Morgan fingerprint density at radius 1 is 1.07 bits per heavy atom. The van der Waals surface area contributed by atoms with Crippen LogP contribution in [-0.4, -0.2) is 78.5 Å². The van der Waals surface area contributed by atoms with Gasteiger partial charge in [-0.25, -0.2) is 22.3 Å². The number of nitrogens with one attached hydrogen (secondary N) is 1. The van der Waals surface area contributed by atoms with E-state index in [4.69, 9.17) is 32.7 Å². The quantitative estimate of drug-likeness (QED) is 0.391. The molecule has 0 saturated carbocycles. The molecule has 0 aliphatic carbocycles. The molecule has 3 rings (SSSR count). The van der Waals surface area contributed by atoms with Crippen molar-refractivity contribution in [2.24, 2.45) is 0 Å². The van der Waals surface area contributed by atoms with Crippen LogP contribution >= 0.6 is 35.0 Å². The van der Waals surface area contributed by atoms with Crippen LogP contribution in [0.25, 0.3) is 0 Å². The zero-order valence-corrected chi connectivity index (χ0v) is 26.7. The molecule has 1 aliphatic heterocycles. The molecule has 0 spiro atoms. The van der Waals surface area contributed by atoms with Crippen molar-refractivity contribution in [3.63, 3.8) is 0 Å². The molecule has 1 heterocycles. The summed E-state index contributed by atoms with van der Waals surface area (Å²) in [4.78, 5) is 40.3. The van der Waals surface area contributed by atoms with Gasteiger partial charge in [-0.2, -0.15) is 0 Å². The lowest BCUT2D eigenvalue weighted by Crippen LogP contribution is -2.56. The Balaban J connectivity index is 2.10. The van der Waals surface area contributed by atoms with E-state index in [1.54, 1.807) is 40.1 Å². The third kappa shape index (κ3) is 8.51. The van der Waals surface area contributed by atoms with Crippen molar-refractivity contribution in [1.82, 2.24) is 14.5 Å². The number of carbonyl (C=O) groups excluding carboxylic acids is 3. The molecule has 0 radical (unpaired) electrons. The van der Waals surface area contributed by atoms with Gasteiger partial charge >= 0.3 is 12.1 Å². The predicted octanol–water partition coefficient (Wildman–Crippen LogP) is 4.58. The zero-order chi connectivity index (χ0) is 30.7. The molecular formula is C27H33Cl2N3O7S2. The molecule has 2 amide bonds. The molecule has 2 aromatic carbocycles. The molecule has 0 aromatic heterocycles. The number of carbonyl (C=O) groups is 3. The fourth-order valence-electron chi connectivity index (χ4n) is 3.89. The molecule has 2 aromatic rings. The number of thioether (sulfide) groups is 1. The number of sulfonamides is 1. The minimum atomic E-state index is -4.67. The van der Waals surface area contributed by atoms with Crippen molar-refractivity contribution in [1.29, 1.82) is 0 Å². The second kappa shape index (κ2) is 13.2. The minimum absolute atomic E-state index is 0.0436. The first-order chi connectivity index (χ1) is 19.0. The van der Waals surface area contributed by atoms with Gasteiger partial charge in [-0.15, -0.1) is 11.8 Å². The first-order valence-corrected chi connectivity index (χ1v) is 15.9. The highest BCUT2D eigenvalue weighted by Crippen LogP contribution is 2.33. The van der Waals surface area contributed by atoms with Crippen LogP contribution in [0.2, 0.25) is 10.0 Å². The second-order valence-corrected chi connectivity index (χ2v) is 14.4. The van der Waals surface area contributed by atoms with Gasteiger partial charge in [-0.1, -0.05) is 35.3 Å². The van der Waals surface area contributed by atoms with Crippen LogP contribution in [0.1, 0.15) is 33.3 Å². The summed E-state index contributed by atoms with van der Waals surface area (Å²) in [6.45, 7) is 7.02. The number of amides is 2. The highest BCUT2D eigenvalue weighted by molar-refractivity contribution is 8.01. The summed E-state index contributed by atoms with van der Waals surface area (Å²) in [5.41, 5.74) is 0.0398. The Morgan fingerprint density at radius 3 is 2.15 bits per heavy atom. The molecule has 14 heteroatoms. The van der Waals surface area contributed by atoms with Gasteiger partial charge in [0.05, 0.1) is 11.0 Å². The third-order valence-electron chi connectivity index (χ3n) is 5.80. The van der Waals surface area contributed by atoms with E-state index in [1.807, 2.05) is 13.8 Å². The Bertz CT molecular complexity index is 1380. The molecular weight excluding hydrogens is 613 g/mol. The SMILES string of the molecule is CC(C)OC(=O)[C@H](Cc1ccc(OC(=O)N(C)C)cc1)N(C(=O)[C@H]1NC(C)(C)CS1)S(=O)(=O)c1cc(Cl)cc(Cl)c1. The third-order valence-corrected chi connectivity index (χ3v) is 9.56. The number of halogens is 2. The molecule has 0 unspecified atom stereocenters. The molecule has 1 aliphatic rings. The fourth-order valence-corrected chi connectivity index (χ4v) is 7.56. The maximum atomic E-state index is 14.1. The summed E-state index contributed by atoms with van der Waals surface area (Å²) in [5.74, 6) is -0.958. The van der Waals surface area contributed by atoms with E-state index >= 15 is 0 Å². The Morgan fingerprint density at radius 2 is 1.66 bits per heavy atom. The molecule has 1 N–H and O–H groups in total. The van der Waals surface area contributed by atoms with Crippen LogP contribution in [0, 0.1) is 0 Å². The number of hydrogen-bond donors (Lipinski definition) is 1. The lowest BCUT2D eigenvalue weighted by molar-refractivity contribution is -0.155. The van der Waals surface area contributed by atoms with Crippen molar-refractivity contribution in [2.75, 3.05) is 19.8 Å². The van der Waals surface area contributed by atoms with Gasteiger partial charge < -0.3 is 14.4 Å². The van der Waals surface area contributed by atoms with Gasteiger partial charge in [0.15, 0.2) is 0 Å². The van der Waals surface area contributed by atoms with Gasteiger partial charge in [0, 0.05) is 41.9 Å². The molecule has 41 heavy (non-hydrogen) atoms. The highest BCUT2D eigenvalue weighted by atomic mass is 35.5. The minimum Gasteiger partial charge on any atom is -0.461 e. The Kier molecular flexibility index (Phi) is 10.6. The van der Waals surface area contributed by atoms with Gasteiger partial charge in [0.2, 0.25) is 0 Å². The van der Waals surface area contributed by atoms with E-state index < -0.39 is 51.1 Å². The van der Waals surface area contributed by atoms with E-state index in [-0.39, 0.29) is 27.1 Å².